The zero-order chi connectivity index (χ0) is 17.9. The van der Waals surface area contributed by atoms with Crippen molar-refractivity contribution < 1.29 is 9.59 Å². The second-order valence-electron chi connectivity index (χ2n) is 7.03. The van der Waals surface area contributed by atoms with Gasteiger partial charge in [-0.3, -0.25) is 14.6 Å². The fourth-order valence-electron chi connectivity index (χ4n) is 4.22. The van der Waals surface area contributed by atoms with Crippen molar-refractivity contribution in [3.63, 3.8) is 0 Å². The normalized spacial score (nSPS) is 20.1. The molecule has 0 bridgehead atoms. The van der Waals surface area contributed by atoms with E-state index < -0.39 is 5.54 Å². The van der Waals surface area contributed by atoms with Crippen LogP contribution in [0, 0.1) is 0 Å². The van der Waals surface area contributed by atoms with Crippen LogP contribution in [0.2, 0.25) is 0 Å². The van der Waals surface area contributed by atoms with Gasteiger partial charge in [-0.1, -0.05) is 51.3 Å². The van der Waals surface area contributed by atoms with Crippen molar-refractivity contribution in [1.82, 2.24) is 9.80 Å². The van der Waals surface area contributed by atoms with E-state index in [0.717, 1.165) is 57.4 Å². The van der Waals surface area contributed by atoms with Gasteiger partial charge in [0.2, 0.25) is 0 Å². The Labute approximate surface area is 150 Å². The topological polar surface area (TPSA) is 43.9 Å². The smallest absolute Gasteiger partial charge is 0.302 e. The van der Waals surface area contributed by atoms with Crippen LogP contribution in [0.25, 0.3) is 0 Å². The molecular weight excluding hydrogens is 314 g/mol. The van der Waals surface area contributed by atoms with Crippen molar-refractivity contribution in [2.24, 2.45) is 0 Å². The lowest BCUT2D eigenvalue weighted by molar-refractivity contribution is -0.132. The summed E-state index contributed by atoms with van der Waals surface area (Å²) < 4.78 is 0. The minimum Gasteiger partial charge on any atom is -0.302 e. The number of rotatable bonds is 6. The molecule has 0 N–H and O–H groups in total. The maximum Gasteiger partial charge on any atom is 0.332 e. The number of urea groups is 1. The molecule has 1 heterocycles. The van der Waals surface area contributed by atoms with Gasteiger partial charge in [0.15, 0.2) is 0 Å². The van der Waals surface area contributed by atoms with E-state index in [1.54, 1.807) is 4.90 Å². The van der Waals surface area contributed by atoms with E-state index in [9.17, 15) is 9.59 Å². The van der Waals surface area contributed by atoms with E-state index in [0.29, 0.717) is 6.54 Å². The summed E-state index contributed by atoms with van der Waals surface area (Å²) in [6.07, 6.45) is 4.70. The van der Waals surface area contributed by atoms with Gasteiger partial charge in [0.05, 0.1) is 0 Å². The lowest BCUT2D eigenvalue weighted by Gasteiger charge is -2.38. The van der Waals surface area contributed by atoms with Gasteiger partial charge in [-0.15, -0.1) is 0 Å². The maximum atomic E-state index is 13.3. The third-order valence-corrected chi connectivity index (χ3v) is 5.72. The van der Waals surface area contributed by atoms with Crippen LogP contribution in [-0.2, 0) is 4.79 Å². The van der Waals surface area contributed by atoms with E-state index >= 15 is 0 Å². The van der Waals surface area contributed by atoms with Gasteiger partial charge in [-0.2, -0.15) is 0 Å². The van der Waals surface area contributed by atoms with Gasteiger partial charge in [-0.05, 0) is 38.1 Å². The monoisotopic (exact) mass is 343 g/mol. The number of carbonyl (C=O) groups excluding carboxylic acids is 2. The molecule has 0 atom stereocenters. The SMILES string of the molecule is CCN(CC)CCN1C(=O)N(c2ccccc2)C2(CCCCC2)C1=O. The van der Waals surface area contributed by atoms with Crippen LogP contribution in [0.5, 0.6) is 0 Å². The van der Waals surface area contributed by atoms with Crippen LogP contribution < -0.4 is 4.90 Å². The lowest BCUT2D eigenvalue weighted by atomic mass is 9.80. The summed E-state index contributed by atoms with van der Waals surface area (Å²) in [6.45, 7) is 7.29. The first kappa shape index (κ1) is 17.9. The summed E-state index contributed by atoms with van der Waals surface area (Å²) in [5.41, 5.74) is 0.174. The Hall–Kier alpha value is -1.88. The van der Waals surface area contributed by atoms with E-state index in [2.05, 4.69) is 18.7 Å². The molecule has 1 aliphatic carbocycles. The van der Waals surface area contributed by atoms with Crippen LogP contribution in [0.1, 0.15) is 46.0 Å². The summed E-state index contributed by atoms with van der Waals surface area (Å²) in [5.74, 6) is 0.00760. The van der Waals surface area contributed by atoms with E-state index in [4.69, 9.17) is 0 Å². The average Bonchev–Trinajstić information content (AvgIpc) is 2.85. The molecule has 0 unspecified atom stereocenters. The highest BCUT2D eigenvalue weighted by atomic mass is 16.2. The van der Waals surface area contributed by atoms with Crippen LogP contribution in [0.4, 0.5) is 10.5 Å². The minimum atomic E-state index is -0.667. The molecule has 1 saturated heterocycles. The van der Waals surface area contributed by atoms with Crippen LogP contribution in [-0.4, -0.2) is 53.5 Å². The van der Waals surface area contributed by atoms with Gasteiger partial charge in [0.25, 0.3) is 5.91 Å². The Bertz CT molecular complexity index is 607. The number of hydrogen-bond acceptors (Lipinski definition) is 3. The summed E-state index contributed by atoms with van der Waals surface area (Å²) in [7, 11) is 0. The third kappa shape index (κ3) is 3.17. The Balaban J connectivity index is 1.90. The minimum absolute atomic E-state index is 0.00760. The first-order valence-corrected chi connectivity index (χ1v) is 9.57. The number of imide groups is 1. The molecule has 0 radical (unpaired) electrons. The second-order valence-corrected chi connectivity index (χ2v) is 7.03. The fourth-order valence-corrected chi connectivity index (χ4v) is 4.22. The summed E-state index contributed by atoms with van der Waals surface area (Å²) in [4.78, 5) is 32.0. The highest BCUT2D eigenvalue weighted by Crippen LogP contribution is 2.43. The Morgan fingerprint density at radius 1 is 1.00 bits per heavy atom. The highest BCUT2D eigenvalue weighted by molar-refractivity contribution is 6.16. The summed E-state index contributed by atoms with van der Waals surface area (Å²) in [6, 6.07) is 9.54. The molecule has 5 heteroatoms. The quantitative estimate of drug-likeness (QED) is 0.743. The van der Waals surface area contributed by atoms with E-state index in [1.807, 2.05) is 30.3 Å². The molecule has 2 aliphatic rings. The molecule has 25 heavy (non-hydrogen) atoms. The van der Waals surface area contributed by atoms with Crippen molar-refractivity contribution in [2.45, 2.75) is 51.5 Å². The van der Waals surface area contributed by atoms with Crippen molar-refractivity contribution >= 4 is 17.6 Å². The molecule has 0 aromatic heterocycles. The molecule has 1 aromatic carbocycles. The number of hydrogen-bond donors (Lipinski definition) is 0. The molecule has 1 saturated carbocycles. The Morgan fingerprint density at radius 2 is 1.64 bits per heavy atom. The molecule has 2 fully saturated rings. The number of benzene rings is 1. The molecule has 136 valence electrons. The highest BCUT2D eigenvalue weighted by Gasteiger charge is 2.57. The van der Waals surface area contributed by atoms with Crippen LogP contribution in [0.3, 0.4) is 0 Å². The number of para-hydroxylation sites is 1. The van der Waals surface area contributed by atoms with Crippen molar-refractivity contribution in [1.29, 1.82) is 0 Å². The average molecular weight is 343 g/mol. The van der Waals surface area contributed by atoms with Gasteiger partial charge in [-0.25, -0.2) is 4.79 Å². The largest absolute Gasteiger partial charge is 0.332 e. The van der Waals surface area contributed by atoms with Crippen molar-refractivity contribution in [3.8, 4) is 0 Å². The Kier molecular flexibility index (Phi) is 5.42. The third-order valence-electron chi connectivity index (χ3n) is 5.72. The van der Waals surface area contributed by atoms with Crippen LogP contribution >= 0.6 is 0 Å². The molecule has 1 aliphatic heterocycles. The van der Waals surface area contributed by atoms with Crippen LogP contribution in [0.15, 0.2) is 30.3 Å². The molecule has 3 rings (SSSR count). The number of carbonyl (C=O) groups is 2. The zero-order valence-electron chi connectivity index (χ0n) is 15.4. The zero-order valence-corrected chi connectivity index (χ0v) is 15.4. The summed E-state index contributed by atoms with van der Waals surface area (Å²) in [5, 5.41) is 0. The number of likely N-dealkylation sites (N-methyl/N-ethyl adjacent to an activating group) is 1. The van der Waals surface area contributed by atoms with E-state index in [-0.39, 0.29) is 11.9 Å². The van der Waals surface area contributed by atoms with Crippen molar-refractivity contribution in [3.05, 3.63) is 30.3 Å². The second kappa shape index (κ2) is 7.56. The first-order valence-electron chi connectivity index (χ1n) is 9.57. The molecular formula is C20H29N3O2. The molecule has 5 nitrogen and oxygen atoms in total. The number of amides is 3. The molecule has 1 aromatic rings. The fraction of sp³-hybridized carbons (Fsp3) is 0.600. The standard InChI is InChI=1S/C20H29N3O2/c1-3-21(4-2)15-16-22-18(24)20(13-9-6-10-14-20)23(19(22)25)17-11-7-5-8-12-17/h5,7-8,11-12H,3-4,6,9-10,13-16H2,1-2H3. The molecule has 3 amide bonds. The maximum absolute atomic E-state index is 13.3. The van der Waals surface area contributed by atoms with Gasteiger partial charge < -0.3 is 4.90 Å². The van der Waals surface area contributed by atoms with Gasteiger partial charge in [0, 0.05) is 18.8 Å². The number of anilines is 1. The van der Waals surface area contributed by atoms with Gasteiger partial charge in [0.1, 0.15) is 5.54 Å². The summed E-state index contributed by atoms with van der Waals surface area (Å²) >= 11 is 0. The lowest BCUT2D eigenvalue weighted by Crippen LogP contribution is -2.51. The Morgan fingerprint density at radius 3 is 2.24 bits per heavy atom. The predicted molar refractivity (Wildman–Crippen MR) is 99.6 cm³/mol. The van der Waals surface area contributed by atoms with Gasteiger partial charge >= 0.3 is 6.03 Å². The van der Waals surface area contributed by atoms with Crippen molar-refractivity contribution in [2.75, 3.05) is 31.1 Å². The molecule has 1 spiro atoms. The first-order chi connectivity index (χ1) is 12.1. The predicted octanol–water partition coefficient (Wildman–Crippen LogP) is 3.50. The van der Waals surface area contributed by atoms with E-state index in [1.165, 1.54) is 4.90 Å². The number of nitrogens with zero attached hydrogens (tertiary/aromatic N) is 3.